The topological polar surface area (TPSA) is 31.9 Å². The molecule has 0 aliphatic carbocycles. The number of aryl methyl sites for hydroxylation is 1. The molecule has 1 fully saturated rings. The van der Waals surface area contributed by atoms with Gasteiger partial charge in [0.15, 0.2) is 0 Å². The lowest BCUT2D eigenvalue weighted by Gasteiger charge is -2.34. The van der Waals surface area contributed by atoms with Crippen LogP contribution in [-0.2, 0) is 0 Å². The second-order valence-corrected chi connectivity index (χ2v) is 7.18. The lowest BCUT2D eigenvalue weighted by Crippen LogP contribution is -2.37. The molecule has 0 saturated carbocycles. The molecule has 1 N–H and O–H groups in total. The highest BCUT2D eigenvalue weighted by Gasteiger charge is 2.25. The number of nitrogens with one attached hydrogen (secondary N) is 1. The second-order valence-electron chi connectivity index (χ2n) is 7.18. The van der Waals surface area contributed by atoms with E-state index in [4.69, 9.17) is 0 Å². The number of likely N-dealkylation sites (tertiary alicyclic amines) is 1. The Bertz CT molecular complexity index is 631. The Balaban J connectivity index is 1.78. The molecule has 1 aromatic heterocycles. The van der Waals surface area contributed by atoms with Crippen molar-refractivity contribution in [2.75, 3.05) is 19.6 Å². The number of rotatable bonds is 5. The van der Waals surface area contributed by atoms with Gasteiger partial charge < -0.3 is 4.90 Å². The fourth-order valence-corrected chi connectivity index (χ4v) is 3.68. The van der Waals surface area contributed by atoms with Gasteiger partial charge >= 0.3 is 0 Å². The first-order chi connectivity index (χ1) is 11.2. The Hall–Kier alpha value is -1.61. The van der Waals surface area contributed by atoms with Crippen molar-refractivity contribution in [1.82, 2.24) is 15.1 Å². The zero-order valence-electron chi connectivity index (χ0n) is 14.7. The molecule has 1 aliphatic heterocycles. The van der Waals surface area contributed by atoms with Crippen LogP contribution in [0.3, 0.4) is 0 Å². The zero-order valence-corrected chi connectivity index (χ0v) is 14.7. The van der Waals surface area contributed by atoms with E-state index in [2.05, 4.69) is 60.1 Å². The highest BCUT2D eigenvalue weighted by Crippen LogP contribution is 2.33. The lowest BCUT2D eigenvalue weighted by molar-refractivity contribution is 0.180. The van der Waals surface area contributed by atoms with E-state index in [0.29, 0.717) is 5.92 Å². The van der Waals surface area contributed by atoms with Crippen molar-refractivity contribution in [2.24, 2.45) is 5.92 Å². The maximum atomic E-state index is 4.36. The van der Waals surface area contributed by atoms with Crippen LogP contribution in [0.5, 0.6) is 0 Å². The first-order valence-corrected chi connectivity index (χ1v) is 9.00. The standard InChI is InChI=1S/C20H29N3/c1-4-15(2)13-23-10-6-9-18(14-23)20-19(12-21-22-20)17-8-5-7-16(3)11-17/h5,7-8,11-12,15,18H,4,6,9-10,13-14H2,1-3H3,(H,21,22). The molecule has 3 nitrogen and oxygen atoms in total. The van der Waals surface area contributed by atoms with E-state index in [1.165, 1.54) is 54.7 Å². The summed E-state index contributed by atoms with van der Waals surface area (Å²) < 4.78 is 0. The van der Waals surface area contributed by atoms with Gasteiger partial charge in [0.25, 0.3) is 0 Å². The lowest BCUT2D eigenvalue weighted by atomic mass is 9.90. The summed E-state index contributed by atoms with van der Waals surface area (Å²) in [7, 11) is 0. The molecule has 1 saturated heterocycles. The van der Waals surface area contributed by atoms with E-state index in [1.807, 2.05) is 6.20 Å². The van der Waals surface area contributed by atoms with Crippen LogP contribution in [0, 0.1) is 12.8 Å². The van der Waals surface area contributed by atoms with Crippen molar-refractivity contribution in [3.05, 3.63) is 41.7 Å². The predicted octanol–water partition coefficient (Wildman–Crippen LogP) is 4.61. The average Bonchev–Trinajstić information content (AvgIpc) is 3.04. The van der Waals surface area contributed by atoms with Crippen LogP contribution in [0.1, 0.15) is 50.3 Å². The summed E-state index contributed by atoms with van der Waals surface area (Å²) in [4.78, 5) is 2.64. The molecule has 2 heterocycles. The molecule has 3 heteroatoms. The van der Waals surface area contributed by atoms with Gasteiger partial charge in [-0.25, -0.2) is 0 Å². The van der Waals surface area contributed by atoms with Crippen molar-refractivity contribution < 1.29 is 0 Å². The fourth-order valence-electron chi connectivity index (χ4n) is 3.68. The van der Waals surface area contributed by atoms with Gasteiger partial charge in [-0.2, -0.15) is 5.10 Å². The van der Waals surface area contributed by atoms with Crippen molar-refractivity contribution in [3.8, 4) is 11.1 Å². The van der Waals surface area contributed by atoms with Gasteiger partial charge in [0.2, 0.25) is 0 Å². The van der Waals surface area contributed by atoms with Crippen LogP contribution >= 0.6 is 0 Å². The SMILES string of the molecule is CCC(C)CN1CCCC(c2[nH]ncc2-c2cccc(C)c2)C1. The van der Waals surface area contributed by atoms with Crippen molar-refractivity contribution in [3.63, 3.8) is 0 Å². The van der Waals surface area contributed by atoms with Gasteiger partial charge in [0, 0.05) is 30.3 Å². The number of aromatic nitrogens is 2. The molecule has 2 unspecified atom stereocenters. The van der Waals surface area contributed by atoms with E-state index < -0.39 is 0 Å². The summed E-state index contributed by atoms with van der Waals surface area (Å²) in [6, 6.07) is 8.74. The summed E-state index contributed by atoms with van der Waals surface area (Å²) in [5, 5.41) is 7.67. The van der Waals surface area contributed by atoms with Crippen molar-refractivity contribution >= 4 is 0 Å². The quantitative estimate of drug-likeness (QED) is 0.874. The van der Waals surface area contributed by atoms with E-state index in [9.17, 15) is 0 Å². The molecule has 124 valence electrons. The van der Waals surface area contributed by atoms with Crippen molar-refractivity contribution in [1.29, 1.82) is 0 Å². The van der Waals surface area contributed by atoms with E-state index >= 15 is 0 Å². The second kappa shape index (κ2) is 7.31. The maximum absolute atomic E-state index is 4.36. The first-order valence-electron chi connectivity index (χ1n) is 9.00. The van der Waals surface area contributed by atoms with Crippen molar-refractivity contribution in [2.45, 2.75) is 46.0 Å². The predicted molar refractivity (Wildman–Crippen MR) is 96.6 cm³/mol. The van der Waals surface area contributed by atoms with Crippen LogP contribution in [0.2, 0.25) is 0 Å². The Kier molecular flexibility index (Phi) is 5.16. The van der Waals surface area contributed by atoms with Gasteiger partial charge in [0.05, 0.1) is 6.20 Å². The molecule has 23 heavy (non-hydrogen) atoms. The summed E-state index contributed by atoms with van der Waals surface area (Å²) >= 11 is 0. The monoisotopic (exact) mass is 311 g/mol. The minimum Gasteiger partial charge on any atom is -0.302 e. The van der Waals surface area contributed by atoms with Crippen LogP contribution in [0.15, 0.2) is 30.5 Å². The van der Waals surface area contributed by atoms with E-state index in [-0.39, 0.29) is 0 Å². The average molecular weight is 311 g/mol. The summed E-state index contributed by atoms with van der Waals surface area (Å²) in [5.74, 6) is 1.36. The third-order valence-corrected chi connectivity index (χ3v) is 5.18. The number of hydrogen-bond acceptors (Lipinski definition) is 2. The zero-order chi connectivity index (χ0) is 16.2. The number of nitrogens with zero attached hydrogens (tertiary/aromatic N) is 2. The Morgan fingerprint density at radius 2 is 2.26 bits per heavy atom. The molecule has 1 aliphatic rings. The van der Waals surface area contributed by atoms with E-state index in [1.54, 1.807) is 0 Å². The molecule has 2 atom stereocenters. The Morgan fingerprint density at radius 3 is 3.04 bits per heavy atom. The number of H-pyrrole nitrogens is 1. The van der Waals surface area contributed by atoms with Gasteiger partial charge in [0.1, 0.15) is 0 Å². The Morgan fingerprint density at radius 1 is 1.39 bits per heavy atom. The minimum atomic E-state index is 0.575. The largest absolute Gasteiger partial charge is 0.302 e. The molecule has 3 rings (SSSR count). The first kappa shape index (κ1) is 16.3. The number of benzene rings is 1. The summed E-state index contributed by atoms with van der Waals surface area (Å²) in [6.07, 6.45) is 5.81. The number of piperidine rings is 1. The summed E-state index contributed by atoms with van der Waals surface area (Å²) in [6.45, 7) is 10.4. The van der Waals surface area contributed by atoms with Crippen LogP contribution in [-0.4, -0.2) is 34.7 Å². The fraction of sp³-hybridized carbons (Fsp3) is 0.550. The molecular weight excluding hydrogens is 282 g/mol. The van der Waals surface area contributed by atoms with Crippen LogP contribution in [0.25, 0.3) is 11.1 Å². The number of hydrogen-bond donors (Lipinski definition) is 1. The normalized spacial score (nSPS) is 20.6. The minimum absolute atomic E-state index is 0.575. The highest BCUT2D eigenvalue weighted by atomic mass is 15.2. The van der Waals surface area contributed by atoms with Gasteiger partial charge in [-0.15, -0.1) is 0 Å². The molecule has 2 aromatic rings. The van der Waals surface area contributed by atoms with Gasteiger partial charge in [-0.05, 0) is 37.8 Å². The van der Waals surface area contributed by atoms with Gasteiger partial charge in [-0.3, -0.25) is 5.10 Å². The van der Waals surface area contributed by atoms with Crippen LogP contribution in [0.4, 0.5) is 0 Å². The molecule has 1 aromatic carbocycles. The molecule has 0 amide bonds. The third-order valence-electron chi connectivity index (χ3n) is 5.18. The Labute approximate surface area is 140 Å². The highest BCUT2D eigenvalue weighted by molar-refractivity contribution is 5.66. The molecule has 0 radical (unpaired) electrons. The smallest absolute Gasteiger partial charge is 0.0568 e. The molecule has 0 spiro atoms. The third kappa shape index (κ3) is 3.84. The molecular formula is C20H29N3. The maximum Gasteiger partial charge on any atom is 0.0568 e. The van der Waals surface area contributed by atoms with Crippen LogP contribution < -0.4 is 0 Å². The molecule has 0 bridgehead atoms. The van der Waals surface area contributed by atoms with E-state index in [0.717, 1.165) is 12.5 Å². The van der Waals surface area contributed by atoms with Gasteiger partial charge in [-0.1, -0.05) is 50.1 Å². The summed E-state index contributed by atoms with van der Waals surface area (Å²) in [5.41, 5.74) is 5.19. The number of aromatic amines is 1.